The Morgan fingerprint density at radius 3 is 2.77 bits per heavy atom. The van der Waals surface area contributed by atoms with Crippen LogP contribution in [0.15, 0.2) is 6.07 Å². The summed E-state index contributed by atoms with van der Waals surface area (Å²) in [5.41, 5.74) is 4.03. The second kappa shape index (κ2) is 2.67. The molecule has 0 saturated heterocycles. The molecular weight excluding hydrogens is 182 g/mol. The van der Waals surface area contributed by atoms with Crippen LogP contribution in [0, 0.1) is 25.4 Å². The van der Waals surface area contributed by atoms with Gasteiger partial charge >= 0.3 is 0 Å². The Kier molecular flexibility index (Phi) is 1.73. The van der Waals surface area contributed by atoms with Crippen molar-refractivity contribution in [3.63, 3.8) is 0 Å². The highest BCUT2D eigenvalue weighted by molar-refractivity contribution is 7.71. The molecule has 0 aliphatic carbocycles. The van der Waals surface area contributed by atoms with E-state index in [-0.39, 0.29) is 0 Å². The summed E-state index contributed by atoms with van der Waals surface area (Å²) in [6, 6.07) is 1.99. The number of aryl methyl sites for hydroxylation is 2. The van der Waals surface area contributed by atoms with E-state index in [1.807, 2.05) is 31.4 Å². The van der Waals surface area contributed by atoms with Crippen molar-refractivity contribution in [3.8, 4) is 0 Å². The van der Waals surface area contributed by atoms with Gasteiger partial charge in [-0.05, 0) is 20.8 Å². The van der Waals surface area contributed by atoms with E-state index in [0.717, 1.165) is 27.2 Å². The molecule has 0 amide bonds. The number of fused-ring (bicyclic) bond motifs is 1. The summed E-state index contributed by atoms with van der Waals surface area (Å²) in [7, 11) is 0. The molecule has 0 spiro atoms. The molecule has 68 valence electrons. The Hall–Kier alpha value is -1.16. The van der Waals surface area contributed by atoms with Gasteiger partial charge in [-0.1, -0.05) is 12.2 Å². The fourth-order valence-electron chi connectivity index (χ4n) is 1.34. The van der Waals surface area contributed by atoms with Crippen LogP contribution in [-0.4, -0.2) is 14.6 Å². The van der Waals surface area contributed by atoms with E-state index in [2.05, 4.69) is 10.1 Å². The van der Waals surface area contributed by atoms with Crippen molar-refractivity contribution in [1.29, 1.82) is 0 Å². The van der Waals surface area contributed by atoms with Crippen LogP contribution in [-0.2, 0) is 0 Å². The minimum absolute atomic E-state index is 0.815. The maximum absolute atomic E-state index is 5.29. The third-order valence-corrected chi connectivity index (χ3v) is 2.70. The molecule has 0 radical (unpaired) electrons. The summed E-state index contributed by atoms with van der Waals surface area (Å²) in [6.45, 7) is 5.97. The number of hydrogen-bond acceptors (Lipinski definition) is 2. The molecule has 0 aliphatic rings. The molecule has 2 aromatic rings. The largest absolute Gasteiger partial charge is 0.296 e. The van der Waals surface area contributed by atoms with Crippen LogP contribution in [0.1, 0.15) is 17.0 Å². The number of hydrogen-bond donors (Lipinski definition) is 1. The van der Waals surface area contributed by atoms with Gasteiger partial charge in [-0.15, -0.1) is 0 Å². The first kappa shape index (κ1) is 8.44. The van der Waals surface area contributed by atoms with Crippen molar-refractivity contribution in [2.45, 2.75) is 20.8 Å². The van der Waals surface area contributed by atoms with Gasteiger partial charge in [0.15, 0.2) is 5.65 Å². The zero-order valence-electron chi connectivity index (χ0n) is 7.88. The predicted molar refractivity (Wildman–Crippen MR) is 54.6 cm³/mol. The van der Waals surface area contributed by atoms with E-state index in [1.165, 1.54) is 0 Å². The fourth-order valence-corrected chi connectivity index (χ4v) is 1.63. The highest BCUT2D eigenvalue weighted by Gasteiger charge is 2.03. The van der Waals surface area contributed by atoms with Crippen molar-refractivity contribution in [2.75, 3.05) is 0 Å². The van der Waals surface area contributed by atoms with Crippen molar-refractivity contribution in [2.24, 2.45) is 0 Å². The number of rotatable bonds is 0. The number of aromatic nitrogens is 3. The van der Waals surface area contributed by atoms with Crippen LogP contribution in [0.5, 0.6) is 0 Å². The summed E-state index contributed by atoms with van der Waals surface area (Å²) in [5.74, 6) is 0. The Morgan fingerprint density at radius 1 is 1.38 bits per heavy atom. The van der Waals surface area contributed by atoms with Gasteiger partial charge in [-0.2, -0.15) is 0 Å². The van der Waals surface area contributed by atoms with Gasteiger partial charge in [-0.3, -0.25) is 5.10 Å². The fraction of sp³-hybridized carbons (Fsp3) is 0.333. The third kappa shape index (κ3) is 1.18. The summed E-state index contributed by atoms with van der Waals surface area (Å²) in [4.78, 5) is 4.42. The van der Waals surface area contributed by atoms with Gasteiger partial charge in [0.05, 0.1) is 0 Å². The van der Waals surface area contributed by atoms with E-state index in [0.29, 0.717) is 0 Å². The third-order valence-electron chi connectivity index (χ3n) is 2.21. The molecule has 0 aliphatic heterocycles. The summed E-state index contributed by atoms with van der Waals surface area (Å²) >= 11 is 5.29. The lowest BCUT2D eigenvalue weighted by molar-refractivity contribution is 0.883. The number of aromatic amines is 1. The molecular formula is C9H11N3S. The quantitative estimate of drug-likeness (QED) is 0.651. The number of nitrogens with one attached hydrogen (secondary N) is 1. The SMILES string of the molecule is Cc1cc2nc(C)c(C)c(=S)n2[nH]1. The van der Waals surface area contributed by atoms with E-state index in [1.54, 1.807) is 0 Å². The molecule has 2 aromatic heterocycles. The second-order valence-corrected chi connectivity index (χ2v) is 3.65. The van der Waals surface area contributed by atoms with Crippen molar-refractivity contribution < 1.29 is 0 Å². The van der Waals surface area contributed by atoms with Crippen LogP contribution < -0.4 is 0 Å². The van der Waals surface area contributed by atoms with Gasteiger partial charge in [0.2, 0.25) is 0 Å². The number of nitrogens with zero attached hydrogens (tertiary/aromatic N) is 2. The standard InChI is InChI=1S/C9H11N3S/c1-5-4-8-10-7(3)6(2)9(13)12(8)11-5/h4,11H,1-3H3. The van der Waals surface area contributed by atoms with Crippen LogP contribution >= 0.6 is 12.2 Å². The minimum Gasteiger partial charge on any atom is -0.296 e. The molecule has 2 rings (SSSR count). The van der Waals surface area contributed by atoms with Gasteiger partial charge in [0.1, 0.15) is 4.64 Å². The topological polar surface area (TPSA) is 33.1 Å². The monoisotopic (exact) mass is 193 g/mol. The van der Waals surface area contributed by atoms with Gasteiger partial charge in [0.25, 0.3) is 0 Å². The molecule has 0 saturated carbocycles. The van der Waals surface area contributed by atoms with Crippen LogP contribution in [0.25, 0.3) is 5.65 Å². The Labute approximate surface area is 81.4 Å². The smallest absolute Gasteiger partial charge is 0.154 e. The molecule has 0 bridgehead atoms. The Bertz CT molecular complexity index is 521. The molecule has 2 heterocycles. The first-order valence-corrected chi connectivity index (χ1v) is 4.56. The molecule has 4 heteroatoms. The summed E-state index contributed by atoms with van der Waals surface area (Å²) in [6.07, 6.45) is 0. The number of H-pyrrole nitrogens is 1. The normalized spacial score (nSPS) is 11.0. The molecule has 3 nitrogen and oxygen atoms in total. The van der Waals surface area contributed by atoms with E-state index in [9.17, 15) is 0 Å². The molecule has 0 aromatic carbocycles. The van der Waals surface area contributed by atoms with E-state index in [4.69, 9.17) is 12.2 Å². The summed E-state index contributed by atoms with van der Waals surface area (Å²) in [5, 5.41) is 3.14. The van der Waals surface area contributed by atoms with E-state index < -0.39 is 0 Å². The molecule has 13 heavy (non-hydrogen) atoms. The molecule has 0 atom stereocenters. The van der Waals surface area contributed by atoms with Crippen molar-refractivity contribution >= 4 is 17.9 Å². The van der Waals surface area contributed by atoms with Crippen LogP contribution in [0.2, 0.25) is 0 Å². The lowest BCUT2D eigenvalue weighted by Gasteiger charge is -2.00. The maximum atomic E-state index is 5.29. The van der Waals surface area contributed by atoms with Crippen molar-refractivity contribution in [1.82, 2.24) is 14.6 Å². The predicted octanol–water partition coefficient (Wildman–Crippen LogP) is 2.32. The Morgan fingerprint density at radius 2 is 2.08 bits per heavy atom. The first-order valence-electron chi connectivity index (χ1n) is 4.15. The minimum atomic E-state index is 0.815. The molecule has 0 unspecified atom stereocenters. The average Bonchev–Trinajstić information content (AvgIpc) is 2.42. The average molecular weight is 193 g/mol. The van der Waals surface area contributed by atoms with Crippen LogP contribution in [0.3, 0.4) is 0 Å². The lowest BCUT2D eigenvalue weighted by Crippen LogP contribution is -1.98. The zero-order valence-corrected chi connectivity index (χ0v) is 8.70. The van der Waals surface area contributed by atoms with Gasteiger partial charge in [-0.25, -0.2) is 9.50 Å². The highest BCUT2D eigenvalue weighted by atomic mass is 32.1. The van der Waals surface area contributed by atoms with E-state index >= 15 is 0 Å². The van der Waals surface area contributed by atoms with Gasteiger partial charge in [0, 0.05) is 23.0 Å². The molecule has 1 N–H and O–H groups in total. The summed E-state index contributed by atoms with van der Waals surface area (Å²) < 4.78 is 2.66. The maximum Gasteiger partial charge on any atom is 0.154 e. The van der Waals surface area contributed by atoms with Crippen molar-refractivity contribution in [3.05, 3.63) is 27.7 Å². The lowest BCUT2D eigenvalue weighted by atomic mass is 10.3. The van der Waals surface area contributed by atoms with Gasteiger partial charge < -0.3 is 0 Å². The molecule has 0 fully saturated rings. The Balaban J connectivity index is 3.01. The second-order valence-electron chi connectivity index (χ2n) is 3.26. The zero-order chi connectivity index (χ0) is 9.59. The highest BCUT2D eigenvalue weighted by Crippen LogP contribution is 2.10. The van der Waals surface area contributed by atoms with Crippen LogP contribution in [0.4, 0.5) is 0 Å². The first-order chi connectivity index (χ1) is 6.09.